The summed E-state index contributed by atoms with van der Waals surface area (Å²) >= 11 is 3.23. The monoisotopic (exact) mass is 349 g/mol. The van der Waals surface area contributed by atoms with Crippen molar-refractivity contribution >= 4 is 31.9 Å². The fourth-order valence-corrected chi connectivity index (χ4v) is 3.42. The average molecular weight is 350 g/mol. The number of nitrogens with zero attached hydrogens (tertiary/aromatic N) is 1. The van der Waals surface area contributed by atoms with Gasteiger partial charge < -0.3 is 4.74 Å². The number of benzene rings is 1. The standard InChI is InChI=1S/C12H16BrNO4S/c1-9(12(15)18-3)8-14(2)19(16,17)11-6-4-5-10(13)7-11/h4-7,9H,8H2,1-3H3. The molecule has 0 saturated heterocycles. The number of methoxy groups -OCH3 is 1. The summed E-state index contributed by atoms with van der Waals surface area (Å²) in [7, 11) is -0.883. The van der Waals surface area contributed by atoms with E-state index in [-0.39, 0.29) is 11.4 Å². The Morgan fingerprint density at radius 1 is 1.47 bits per heavy atom. The maximum Gasteiger partial charge on any atom is 0.309 e. The van der Waals surface area contributed by atoms with Crippen LogP contribution in [0.25, 0.3) is 0 Å². The highest BCUT2D eigenvalue weighted by Gasteiger charge is 2.25. The minimum atomic E-state index is -3.60. The molecule has 0 bridgehead atoms. The molecule has 1 aromatic carbocycles. The number of carbonyl (C=O) groups is 1. The Labute approximate surface area is 121 Å². The first-order chi connectivity index (χ1) is 8.78. The molecule has 0 aliphatic rings. The Morgan fingerprint density at radius 2 is 2.11 bits per heavy atom. The average Bonchev–Trinajstić information content (AvgIpc) is 2.37. The summed E-state index contributed by atoms with van der Waals surface area (Å²) in [5.41, 5.74) is 0. The molecule has 0 heterocycles. The number of esters is 1. The van der Waals surface area contributed by atoms with E-state index < -0.39 is 21.9 Å². The van der Waals surface area contributed by atoms with E-state index >= 15 is 0 Å². The molecule has 1 rings (SSSR count). The van der Waals surface area contributed by atoms with Gasteiger partial charge in [-0.05, 0) is 18.2 Å². The molecule has 5 nitrogen and oxygen atoms in total. The molecule has 7 heteroatoms. The van der Waals surface area contributed by atoms with E-state index in [1.54, 1.807) is 19.1 Å². The van der Waals surface area contributed by atoms with Crippen LogP contribution in [0.15, 0.2) is 33.6 Å². The largest absolute Gasteiger partial charge is 0.469 e. The summed E-state index contributed by atoms with van der Waals surface area (Å²) in [4.78, 5) is 11.5. The number of carbonyl (C=O) groups excluding carboxylic acids is 1. The fourth-order valence-electron chi connectivity index (χ4n) is 1.57. The van der Waals surface area contributed by atoms with Gasteiger partial charge in [0.25, 0.3) is 0 Å². The van der Waals surface area contributed by atoms with Gasteiger partial charge in [-0.1, -0.05) is 28.9 Å². The number of hydrogen-bond donors (Lipinski definition) is 0. The van der Waals surface area contributed by atoms with E-state index in [9.17, 15) is 13.2 Å². The van der Waals surface area contributed by atoms with Gasteiger partial charge in [0.2, 0.25) is 10.0 Å². The Kier molecular flexibility index (Phi) is 5.51. The topological polar surface area (TPSA) is 63.7 Å². The second kappa shape index (κ2) is 6.49. The number of hydrogen-bond acceptors (Lipinski definition) is 4. The van der Waals surface area contributed by atoms with Gasteiger partial charge in [-0.15, -0.1) is 0 Å². The second-order valence-electron chi connectivity index (χ2n) is 4.17. The Morgan fingerprint density at radius 3 is 2.63 bits per heavy atom. The van der Waals surface area contributed by atoms with E-state index in [1.165, 1.54) is 26.3 Å². The predicted molar refractivity (Wildman–Crippen MR) is 75.1 cm³/mol. The second-order valence-corrected chi connectivity index (χ2v) is 7.13. The summed E-state index contributed by atoms with van der Waals surface area (Å²) in [5.74, 6) is -0.951. The lowest BCUT2D eigenvalue weighted by Gasteiger charge is -2.20. The molecule has 1 atom stereocenters. The normalized spacial score (nSPS) is 13.3. The van der Waals surface area contributed by atoms with E-state index in [1.807, 2.05) is 0 Å². The quantitative estimate of drug-likeness (QED) is 0.761. The zero-order valence-corrected chi connectivity index (χ0v) is 13.4. The van der Waals surface area contributed by atoms with Crippen LogP contribution in [0.1, 0.15) is 6.92 Å². The van der Waals surface area contributed by atoms with Crippen LogP contribution < -0.4 is 0 Å². The first-order valence-electron chi connectivity index (χ1n) is 5.58. The molecule has 0 saturated carbocycles. The van der Waals surface area contributed by atoms with Crippen molar-refractivity contribution < 1.29 is 17.9 Å². The molecule has 1 aromatic rings. The SMILES string of the molecule is COC(=O)C(C)CN(C)S(=O)(=O)c1cccc(Br)c1. The van der Waals surface area contributed by atoms with E-state index in [2.05, 4.69) is 20.7 Å². The molecule has 0 radical (unpaired) electrons. The summed E-state index contributed by atoms with van der Waals surface area (Å²) in [6.45, 7) is 1.69. The lowest BCUT2D eigenvalue weighted by Crippen LogP contribution is -2.34. The van der Waals surface area contributed by atoms with Crippen LogP contribution in [0.5, 0.6) is 0 Å². The first kappa shape index (κ1) is 16.1. The van der Waals surface area contributed by atoms with Crippen LogP contribution in [-0.4, -0.2) is 39.4 Å². The summed E-state index contributed by atoms with van der Waals surface area (Å²) in [5, 5.41) is 0. The third kappa shape index (κ3) is 4.02. The molecule has 0 N–H and O–H groups in total. The Bertz CT molecular complexity index is 559. The van der Waals surface area contributed by atoms with Crippen molar-refractivity contribution in [3.05, 3.63) is 28.7 Å². The van der Waals surface area contributed by atoms with Crippen LogP contribution in [0.4, 0.5) is 0 Å². The number of rotatable bonds is 5. The molecule has 0 amide bonds. The van der Waals surface area contributed by atoms with Gasteiger partial charge in [-0.3, -0.25) is 4.79 Å². The summed E-state index contributed by atoms with van der Waals surface area (Å²) in [6.07, 6.45) is 0. The molecular weight excluding hydrogens is 334 g/mol. The summed E-state index contributed by atoms with van der Waals surface area (Å²) in [6, 6.07) is 6.43. The third-order valence-corrected chi connectivity index (χ3v) is 4.95. The van der Waals surface area contributed by atoms with Gasteiger partial charge in [0, 0.05) is 18.1 Å². The van der Waals surface area contributed by atoms with Crippen LogP contribution in [0, 0.1) is 5.92 Å². The molecule has 0 fully saturated rings. The van der Waals surface area contributed by atoms with Gasteiger partial charge in [0.15, 0.2) is 0 Å². The van der Waals surface area contributed by atoms with Crippen LogP contribution in [-0.2, 0) is 19.6 Å². The molecule has 106 valence electrons. The Hall–Kier alpha value is -0.920. The number of ether oxygens (including phenoxy) is 1. The van der Waals surface area contributed by atoms with Gasteiger partial charge in [0.05, 0.1) is 17.9 Å². The zero-order valence-electron chi connectivity index (χ0n) is 11.0. The molecular formula is C12H16BrNO4S. The maximum absolute atomic E-state index is 12.3. The number of halogens is 1. The molecule has 19 heavy (non-hydrogen) atoms. The molecule has 0 aliphatic carbocycles. The van der Waals surface area contributed by atoms with Crippen molar-refractivity contribution in [3.8, 4) is 0 Å². The maximum atomic E-state index is 12.3. The minimum absolute atomic E-state index is 0.0710. The summed E-state index contributed by atoms with van der Waals surface area (Å²) < 4.78 is 31.0. The van der Waals surface area contributed by atoms with E-state index in [4.69, 9.17) is 0 Å². The molecule has 0 spiro atoms. The first-order valence-corrected chi connectivity index (χ1v) is 7.82. The van der Waals surface area contributed by atoms with Crippen molar-refractivity contribution in [1.82, 2.24) is 4.31 Å². The smallest absolute Gasteiger partial charge is 0.309 e. The highest BCUT2D eigenvalue weighted by atomic mass is 79.9. The minimum Gasteiger partial charge on any atom is -0.469 e. The number of sulfonamides is 1. The van der Waals surface area contributed by atoms with Crippen molar-refractivity contribution in [2.75, 3.05) is 20.7 Å². The Balaban J connectivity index is 2.92. The van der Waals surface area contributed by atoms with E-state index in [0.29, 0.717) is 4.47 Å². The lowest BCUT2D eigenvalue weighted by atomic mass is 10.2. The predicted octanol–water partition coefficient (Wildman–Crippen LogP) is 1.88. The van der Waals surface area contributed by atoms with Gasteiger partial charge in [-0.2, -0.15) is 0 Å². The van der Waals surface area contributed by atoms with Crippen molar-refractivity contribution in [2.45, 2.75) is 11.8 Å². The third-order valence-electron chi connectivity index (χ3n) is 2.64. The van der Waals surface area contributed by atoms with Crippen LogP contribution >= 0.6 is 15.9 Å². The molecule has 1 unspecified atom stereocenters. The van der Waals surface area contributed by atoms with Crippen LogP contribution in [0.2, 0.25) is 0 Å². The molecule has 0 aromatic heterocycles. The van der Waals surface area contributed by atoms with Crippen molar-refractivity contribution in [1.29, 1.82) is 0 Å². The van der Waals surface area contributed by atoms with Gasteiger partial charge >= 0.3 is 5.97 Å². The van der Waals surface area contributed by atoms with Crippen molar-refractivity contribution in [3.63, 3.8) is 0 Å². The van der Waals surface area contributed by atoms with E-state index in [0.717, 1.165) is 4.31 Å². The van der Waals surface area contributed by atoms with Gasteiger partial charge in [-0.25, -0.2) is 12.7 Å². The lowest BCUT2D eigenvalue weighted by molar-refractivity contribution is -0.144. The van der Waals surface area contributed by atoms with Gasteiger partial charge in [0.1, 0.15) is 0 Å². The zero-order chi connectivity index (χ0) is 14.6. The molecule has 0 aliphatic heterocycles. The van der Waals surface area contributed by atoms with Crippen LogP contribution in [0.3, 0.4) is 0 Å². The highest BCUT2D eigenvalue weighted by molar-refractivity contribution is 9.10. The highest BCUT2D eigenvalue weighted by Crippen LogP contribution is 2.19. The van der Waals surface area contributed by atoms with Crippen molar-refractivity contribution in [2.24, 2.45) is 5.92 Å². The fraction of sp³-hybridized carbons (Fsp3) is 0.417.